The molecule has 0 radical (unpaired) electrons. The first-order valence-electron chi connectivity index (χ1n) is 37.0. The maximum atomic E-state index is 12.6. The number of aliphatic hydroxyl groups is 2. The summed E-state index contributed by atoms with van der Waals surface area (Å²) in [4.78, 5) is 2.35. The van der Waals surface area contributed by atoms with Crippen LogP contribution in [0.4, 0.5) is 5.69 Å². The summed E-state index contributed by atoms with van der Waals surface area (Å²) < 4.78 is 56.5. The highest BCUT2D eigenvalue weighted by Crippen LogP contribution is 2.70. The average molecular weight is 1400 g/mol. The van der Waals surface area contributed by atoms with Crippen LogP contribution in [0.3, 0.4) is 0 Å². The fraction of sp³-hybridized carbons (Fsp3) is 0.234. The minimum Gasteiger partial charge on any atom is -0.497 e. The van der Waals surface area contributed by atoms with Gasteiger partial charge in [0, 0.05) is 84.6 Å². The van der Waals surface area contributed by atoms with Gasteiger partial charge in [0.25, 0.3) is 0 Å². The second-order valence-corrected chi connectivity index (χ2v) is 29.3. The third-order valence-electron chi connectivity index (χ3n) is 24.4. The molecule has 4 aliphatic carbocycles. The van der Waals surface area contributed by atoms with Gasteiger partial charge < -0.3 is 57.4 Å². The summed E-state index contributed by atoms with van der Waals surface area (Å²) in [7, 11) is 8.53. The molecule has 0 amide bonds. The van der Waals surface area contributed by atoms with Gasteiger partial charge in [-0.2, -0.15) is 0 Å². The van der Waals surface area contributed by atoms with E-state index in [1.165, 1.54) is 47.1 Å². The summed E-state index contributed by atoms with van der Waals surface area (Å²) in [6.07, 6.45) is 14.4. The molecular weight excluding hydrogens is 1320 g/mol. The largest absolute Gasteiger partial charge is 0.497 e. The zero-order valence-corrected chi connectivity index (χ0v) is 60.3. The lowest BCUT2D eigenvalue weighted by atomic mass is 9.65. The van der Waals surface area contributed by atoms with Crippen molar-refractivity contribution in [2.24, 2.45) is 11.8 Å². The summed E-state index contributed by atoms with van der Waals surface area (Å²) in [5.74, 6) is 6.77. The van der Waals surface area contributed by atoms with E-state index in [-0.39, 0.29) is 12.0 Å². The molecule has 5 unspecified atom stereocenters. The molecule has 1 aromatic heterocycles. The van der Waals surface area contributed by atoms with Gasteiger partial charge >= 0.3 is 0 Å². The van der Waals surface area contributed by atoms with E-state index >= 15 is 0 Å². The topological polar surface area (TPSA) is 131 Å². The zero-order valence-electron chi connectivity index (χ0n) is 60.3. The Kier molecular flexibility index (Phi) is 15.6. The van der Waals surface area contributed by atoms with Crippen molar-refractivity contribution >= 4 is 61.3 Å². The Balaban J connectivity index is 0.000000149. The van der Waals surface area contributed by atoms with Crippen LogP contribution >= 0.6 is 0 Å². The van der Waals surface area contributed by atoms with Crippen molar-refractivity contribution in [3.63, 3.8) is 0 Å². The van der Waals surface area contributed by atoms with Gasteiger partial charge in [-0.15, -0.1) is 0 Å². The number of rotatable bonds is 13. The van der Waals surface area contributed by atoms with E-state index in [1.807, 2.05) is 85.8 Å². The predicted octanol–water partition coefficient (Wildman–Crippen LogP) is 20.0. The van der Waals surface area contributed by atoms with Gasteiger partial charge in [-0.05, 0) is 189 Å². The first-order valence-corrected chi connectivity index (χ1v) is 37.0. The Morgan fingerprint density at radius 1 is 0.491 bits per heavy atom. The lowest BCUT2D eigenvalue weighted by Gasteiger charge is -2.41. The van der Waals surface area contributed by atoms with Crippen LogP contribution in [0.2, 0.25) is 0 Å². The Labute approximate surface area is 616 Å². The standard InChI is InChI=1S/C52H49NO6.C42H32O5/c1-55-38-17-14-35(15-18-38)52(37-16-19-46(56-2)45(27-37)53-22-24-58-25-23-53)21-20-40-49-48(39-6-4-5-7-44(39)51(49)30-33-10-13-36(51)26-33)42-28-41(34-11-8-32(31-54)9-12-34)47(57-3)29-43(42)50(40)59-52;1-4-41(43)33-11-7-5-9-29(33)36-31-21-22-35-37(30-10-6-8-12-34(30)46-35)38(31)40-32(39(36)41)23-24-42(47-40,25-13-17-27(44-2)18-14-25)26-15-19-28(45-3)20-16-26/h4-9,11-12,14-21,27-29,33,36,54H,10,13,22-26,30-31H2,1-3H3;5-24,43H,4H2,1-3H3. The lowest BCUT2D eigenvalue weighted by Crippen LogP contribution is -2.38. The number of hydrogen-bond donors (Lipinski definition) is 2. The Morgan fingerprint density at radius 2 is 1.08 bits per heavy atom. The molecule has 20 rings (SSSR count). The molecule has 5 atom stereocenters. The Morgan fingerprint density at radius 3 is 1.69 bits per heavy atom. The smallest absolute Gasteiger partial charge is 0.178 e. The minimum atomic E-state index is -1.19. The van der Waals surface area contributed by atoms with Crippen LogP contribution in [0.1, 0.15) is 100 Å². The fourth-order valence-electron chi connectivity index (χ4n) is 19.4. The van der Waals surface area contributed by atoms with Gasteiger partial charge in [0.15, 0.2) is 11.2 Å². The molecule has 7 aliphatic rings. The van der Waals surface area contributed by atoms with E-state index in [2.05, 4.69) is 163 Å². The number of furan rings is 1. The van der Waals surface area contributed by atoms with E-state index in [0.29, 0.717) is 37.2 Å². The summed E-state index contributed by atoms with van der Waals surface area (Å²) in [5.41, 5.74) is 17.6. The maximum absolute atomic E-state index is 12.6. The highest BCUT2D eigenvalue weighted by atomic mass is 16.5. The molecule has 12 aromatic carbocycles. The van der Waals surface area contributed by atoms with E-state index in [1.54, 1.807) is 35.5 Å². The molecule has 528 valence electrons. The molecule has 1 saturated heterocycles. The van der Waals surface area contributed by atoms with Crippen LogP contribution in [-0.2, 0) is 33.6 Å². The first kappa shape index (κ1) is 65.5. The molecule has 13 aromatic rings. The minimum absolute atomic E-state index is 0.00124. The third-order valence-corrected chi connectivity index (χ3v) is 24.4. The van der Waals surface area contributed by atoms with Crippen LogP contribution in [0.25, 0.3) is 89.0 Å². The molecule has 2 N–H and O–H groups in total. The van der Waals surface area contributed by atoms with Gasteiger partial charge in [0.2, 0.25) is 0 Å². The second kappa shape index (κ2) is 25.2. The predicted molar refractivity (Wildman–Crippen MR) is 419 cm³/mol. The van der Waals surface area contributed by atoms with Crippen molar-refractivity contribution in [3.05, 3.63) is 286 Å². The molecule has 12 heteroatoms. The van der Waals surface area contributed by atoms with Crippen molar-refractivity contribution in [2.75, 3.05) is 66.8 Å². The lowest BCUT2D eigenvalue weighted by molar-refractivity contribution is 0.0801. The molecule has 3 aliphatic heterocycles. The van der Waals surface area contributed by atoms with Crippen molar-refractivity contribution in [2.45, 2.75) is 67.9 Å². The van der Waals surface area contributed by atoms with Crippen molar-refractivity contribution in [1.29, 1.82) is 0 Å². The molecule has 12 nitrogen and oxygen atoms in total. The Hall–Kier alpha value is -11.3. The van der Waals surface area contributed by atoms with E-state index in [0.717, 1.165) is 170 Å². The zero-order chi connectivity index (χ0) is 71.8. The molecule has 3 fully saturated rings. The fourth-order valence-corrected chi connectivity index (χ4v) is 19.4. The van der Waals surface area contributed by atoms with Crippen LogP contribution in [0.15, 0.2) is 229 Å². The van der Waals surface area contributed by atoms with Gasteiger partial charge in [-0.3, -0.25) is 0 Å². The number of hydrogen-bond acceptors (Lipinski definition) is 12. The number of anilines is 1. The van der Waals surface area contributed by atoms with Gasteiger partial charge in [0.05, 0.1) is 61.1 Å². The summed E-state index contributed by atoms with van der Waals surface area (Å²) in [6.45, 7) is 4.93. The van der Waals surface area contributed by atoms with Crippen LogP contribution in [0, 0.1) is 11.8 Å². The number of aliphatic hydroxyl groups excluding tert-OH is 1. The van der Waals surface area contributed by atoms with E-state index in [4.69, 9.17) is 42.3 Å². The molecule has 2 saturated carbocycles. The highest BCUT2D eigenvalue weighted by molar-refractivity contribution is 6.25. The third kappa shape index (κ3) is 9.62. The number of fused-ring (bicyclic) bond motifs is 25. The Bertz CT molecular complexity index is 5710. The summed E-state index contributed by atoms with van der Waals surface area (Å²) in [6, 6.07) is 73.3. The summed E-state index contributed by atoms with van der Waals surface area (Å²) >= 11 is 0. The van der Waals surface area contributed by atoms with Gasteiger partial charge in [-0.1, -0.05) is 159 Å². The van der Waals surface area contributed by atoms with E-state index in [9.17, 15) is 10.2 Å². The average Bonchev–Trinajstić information content (AvgIpc) is 1.52. The van der Waals surface area contributed by atoms with Crippen molar-refractivity contribution in [1.82, 2.24) is 0 Å². The normalized spacial score (nSPS) is 20.8. The van der Waals surface area contributed by atoms with Crippen molar-refractivity contribution in [3.8, 4) is 73.6 Å². The van der Waals surface area contributed by atoms with Gasteiger partial charge in [-0.25, -0.2) is 0 Å². The van der Waals surface area contributed by atoms with E-state index < -0.39 is 16.8 Å². The number of para-hydroxylation sites is 1. The highest BCUT2D eigenvalue weighted by Gasteiger charge is 2.59. The molecular formula is C94H81NO11. The van der Waals surface area contributed by atoms with Crippen LogP contribution < -0.4 is 38.1 Å². The van der Waals surface area contributed by atoms with Crippen LogP contribution in [-0.4, -0.2) is 72.1 Å². The maximum Gasteiger partial charge on any atom is 0.178 e. The second-order valence-electron chi connectivity index (χ2n) is 29.3. The number of nitrogens with zero attached hydrogens (tertiary/aromatic N) is 1. The van der Waals surface area contributed by atoms with Gasteiger partial charge in [0.1, 0.15) is 57.0 Å². The molecule has 106 heavy (non-hydrogen) atoms. The molecule has 4 heterocycles. The first-order chi connectivity index (χ1) is 52.0. The quantitative estimate of drug-likeness (QED) is 0.114. The molecule has 2 bridgehead atoms. The van der Waals surface area contributed by atoms with Crippen molar-refractivity contribution < 1.29 is 52.5 Å². The number of ether oxygens (including phenoxy) is 8. The monoisotopic (exact) mass is 1400 g/mol. The van der Waals surface area contributed by atoms with Crippen LogP contribution in [0.5, 0.6) is 40.2 Å². The number of methoxy groups -OCH3 is 5. The number of morpholine rings is 1. The molecule has 1 spiro atoms. The summed E-state index contributed by atoms with van der Waals surface area (Å²) in [5, 5.41) is 28.7. The SMILES string of the molecule is CCC1(O)c2ccccc2-c2c1c1c(c3c2ccc2oc4ccccc4c23)OC(c2ccc(OC)cc2)(c2ccc(OC)cc2)C=C1.COc1ccc(C2(c3ccc(OC)c(N4CCOCC4)c3)C=Cc3c4c(c5cc(-c6ccc(CO)cc6)c(OC)cc5c3O2)-c2ccccc2C42CC3CCC2C3)cc1. The number of benzene rings is 12.